The number of pyridine rings is 1. The first-order valence-corrected chi connectivity index (χ1v) is 9.35. The van der Waals surface area contributed by atoms with Crippen molar-refractivity contribution in [2.45, 2.75) is 6.54 Å². The van der Waals surface area contributed by atoms with Gasteiger partial charge in [0, 0.05) is 11.9 Å². The summed E-state index contributed by atoms with van der Waals surface area (Å²) in [7, 11) is 1.25. The molecule has 0 atom stereocenters. The van der Waals surface area contributed by atoms with E-state index >= 15 is 0 Å². The lowest BCUT2D eigenvalue weighted by Crippen LogP contribution is -2.13. The first-order chi connectivity index (χ1) is 14.6. The van der Waals surface area contributed by atoms with Crippen molar-refractivity contribution < 1.29 is 13.9 Å². The minimum atomic E-state index is -0.661. The van der Waals surface area contributed by atoms with Crippen molar-refractivity contribution in [3.05, 3.63) is 82.0 Å². The second kappa shape index (κ2) is 6.73. The second-order valence-electron chi connectivity index (χ2n) is 6.96. The van der Waals surface area contributed by atoms with E-state index in [0.717, 1.165) is 16.5 Å². The van der Waals surface area contributed by atoms with E-state index in [-0.39, 0.29) is 27.9 Å². The molecule has 148 valence electrons. The minimum Gasteiger partial charge on any atom is -0.465 e. The highest BCUT2D eigenvalue weighted by Crippen LogP contribution is 2.30. The number of hydrogen-bond acceptors (Lipinski definition) is 6. The number of aromatic nitrogens is 2. The molecule has 0 aliphatic heterocycles. The monoisotopic (exact) mass is 399 g/mol. The Labute approximate surface area is 170 Å². The van der Waals surface area contributed by atoms with Crippen LogP contribution in [-0.4, -0.2) is 22.6 Å². The van der Waals surface area contributed by atoms with Gasteiger partial charge in [-0.05, 0) is 23.8 Å². The summed E-state index contributed by atoms with van der Waals surface area (Å²) in [6.45, 7) is 0.493. The highest BCUT2D eigenvalue weighted by atomic mass is 16.5. The molecular formula is C23H17N3O4. The van der Waals surface area contributed by atoms with Gasteiger partial charge in [-0.15, -0.1) is 0 Å². The number of nitrogens with zero attached hydrogens (tertiary/aromatic N) is 2. The molecule has 7 nitrogen and oxygen atoms in total. The molecule has 0 amide bonds. The molecule has 0 bridgehead atoms. The lowest BCUT2D eigenvalue weighted by atomic mass is 10.2. The highest BCUT2D eigenvalue weighted by molar-refractivity contribution is 6.07. The second-order valence-corrected chi connectivity index (χ2v) is 6.96. The Balaban J connectivity index is 1.89. The molecule has 5 aromatic rings. The number of para-hydroxylation sites is 1. The first-order valence-electron chi connectivity index (χ1n) is 9.35. The van der Waals surface area contributed by atoms with Gasteiger partial charge in [0.15, 0.2) is 5.58 Å². The van der Waals surface area contributed by atoms with Crippen molar-refractivity contribution in [3.8, 4) is 0 Å². The molecule has 2 N–H and O–H groups in total. The Kier molecular flexibility index (Phi) is 4.03. The summed E-state index contributed by atoms with van der Waals surface area (Å²) >= 11 is 0. The van der Waals surface area contributed by atoms with Crippen LogP contribution in [0.2, 0.25) is 0 Å². The predicted molar refractivity (Wildman–Crippen MR) is 115 cm³/mol. The van der Waals surface area contributed by atoms with Crippen LogP contribution in [0.4, 0.5) is 5.82 Å². The number of hydrogen-bond donors (Lipinski definition) is 1. The molecule has 0 saturated heterocycles. The summed E-state index contributed by atoms with van der Waals surface area (Å²) in [6.07, 6.45) is 0. The van der Waals surface area contributed by atoms with Gasteiger partial charge in [0.25, 0.3) is 0 Å². The number of nitrogen functional groups attached to an aromatic ring is 1. The summed E-state index contributed by atoms with van der Waals surface area (Å²) in [5.74, 6) is -0.712. The minimum absolute atomic E-state index is 0.0300. The van der Waals surface area contributed by atoms with Crippen LogP contribution in [0.1, 0.15) is 15.9 Å². The van der Waals surface area contributed by atoms with Crippen LogP contribution in [0.25, 0.3) is 33.1 Å². The van der Waals surface area contributed by atoms with Gasteiger partial charge in [0.2, 0.25) is 11.1 Å². The molecule has 0 fully saturated rings. The van der Waals surface area contributed by atoms with E-state index in [1.54, 1.807) is 0 Å². The van der Waals surface area contributed by atoms with E-state index < -0.39 is 5.97 Å². The van der Waals surface area contributed by atoms with Gasteiger partial charge in [-0.25, -0.2) is 4.79 Å². The van der Waals surface area contributed by atoms with Crippen LogP contribution < -0.4 is 11.2 Å². The van der Waals surface area contributed by atoms with Crippen molar-refractivity contribution >= 4 is 44.9 Å². The zero-order valence-corrected chi connectivity index (χ0v) is 16.1. The fraction of sp³-hybridized carbons (Fsp3) is 0.0870. The number of benzene rings is 2. The molecule has 0 aliphatic carbocycles. The molecule has 5 rings (SSSR count). The number of methoxy groups -OCH3 is 1. The first kappa shape index (κ1) is 17.9. The normalized spacial score (nSPS) is 11.4. The molecule has 0 saturated carbocycles. The van der Waals surface area contributed by atoms with Gasteiger partial charge in [0.1, 0.15) is 16.9 Å². The average Bonchev–Trinajstić information content (AvgIpc) is 3.07. The third kappa shape index (κ3) is 2.63. The van der Waals surface area contributed by atoms with E-state index in [0.29, 0.717) is 17.6 Å². The fourth-order valence-corrected chi connectivity index (χ4v) is 3.78. The SMILES string of the molecule is COC(=O)c1cc2c(=O)c3c(oc2nc1N)c1ccccc1n3Cc1ccccc1. The van der Waals surface area contributed by atoms with Gasteiger partial charge in [-0.3, -0.25) is 4.79 Å². The third-order valence-electron chi connectivity index (χ3n) is 5.19. The maximum Gasteiger partial charge on any atom is 0.341 e. The van der Waals surface area contributed by atoms with Crippen LogP contribution in [0.5, 0.6) is 0 Å². The van der Waals surface area contributed by atoms with Gasteiger partial charge < -0.3 is 19.5 Å². The van der Waals surface area contributed by atoms with Crippen LogP contribution in [-0.2, 0) is 11.3 Å². The Morgan fingerprint density at radius 1 is 1.10 bits per heavy atom. The van der Waals surface area contributed by atoms with Crippen molar-refractivity contribution in [3.63, 3.8) is 0 Å². The van der Waals surface area contributed by atoms with Gasteiger partial charge >= 0.3 is 5.97 Å². The van der Waals surface area contributed by atoms with Crippen LogP contribution >= 0.6 is 0 Å². The number of fused-ring (bicyclic) bond motifs is 4. The van der Waals surface area contributed by atoms with Crippen molar-refractivity contribution in [1.82, 2.24) is 9.55 Å². The molecular weight excluding hydrogens is 382 g/mol. The van der Waals surface area contributed by atoms with E-state index in [1.165, 1.54) is 13.2 Å². The van der Waals surface area contributed by atoms with Gasteiger partial charge in [-0.2, -0.15) is 4.98 Å². The van der Waals surface area contributed by atoms with Gasteiger partial charge in [0.05, 0.1) is 18.0 Å². The van der Waals surface area contributed by atoms with E-state index in [2.05, 4.69) is 4.98 Å². The molecule has 0 radical (unpaired) electrons. The van der Waals surface area contributed by atoms with E-state index in [9.17, 15) is 9.59 Å². The number of esters is 1. The number of anilines is 1. The maximum absolute atomic E-state index is 13.5. The van der Waals surface area contributed by atoms with Crippen molar-refractivity contribution in [2.75, 3.05) is 12.8 Å². The standard InChI is InChI=1S/C23H17N3O4/c1-29-23(28)16-11-15-19(27)18-20(30-22(15)25-21(16)24)14-9-5-6-10-17(14)26(18)12-13-7-3-2-4-8-13/h2-11H,12H2,1H3,(H2,24,25). The van der Waals surface area contributed by atoms with Crippen LogP contribution in [0.3, 0.4) is 0 Å². The number of carbonyl (C=O) groups is 1. The fourth-order valence-electron chi connectivity index (χ4n) is 3.78. The highest BCUT2D eigenvalue weighted by Gasteiger charge is 2.21. The van der Waals surface area contributed by atoms with E-state index in [1.807, 2.05) is 59.2 Å². The summed E-state index contributed by atoms with van der Waals surface area (Å²) in [5.41, 5.74) is 8.50. The third-order valence-corrected chi connectivity index (χ3v) is 5.19. The number of nitrogens with two attached hydrogens (primary N) is 1. The molecule has 3 aromatic heterocycles. The molecule has 0 aliphatic rings. The lowest BCUT2D eigenvalue weighted by molar-refractivity contribution is 0.0602. The Morgan fingerprint density at radius 3 is 2.60 bits per heavy atom. The number of rotatable bonds is 3. The van der Waals surface area contributed by atoms with Gasteiger partial charge in [-0.1, -0.05) is 42.5 Å². The Hall–Kier alpha value is -4.13. The molecule has 30 heavy (non-hydrogen) atoms. The molecule has 0 unspecified atom stereocenters. The quantitative estimate of drug-likeness (QED) is 0.464. The number of carbonyl (C=O) groups excluding carboxylic acids is 1. The topological polar surface area (TPSA) is 100 Å². The summed E-state index contributed by atoms with van der Waals surface area (Å²) in [4.78, 5) is 29.7. The molecule has 7 heteroatoms. The van der Waals surface area contributed by atoms with Crippen molar-refractivity contribution in [1.29, 1.82) is 0 Å². The summed E-state index contributed by atoms with van der Waals surface area (Å²) in [5, 5.41) is 0.981. The smallest absolute Gasteiger partial charge is 0.341 e. The Morgan fingerprint density at radius 2 is 1.83 bits per heavy atom. The van der Waals surface area contributed by atoms with E-state index in [4.69, 9.17) is 14.9 Å². The zero-order valence-electron chi connectivity index (χ0n) is 16.1. The predicted octanol–water partition coefficient (Wildman–Crippen LogP) is 3.71. The lowest BCUT2D eigenvalue weighted by Gasteiger charge is -2.08. The Bertz CT molecular complexity index is 1500. The van der Waals surface area contributed by atoms with Crippen molar-refractivity contribution in [2.24, 2.45) is 0 Å². The number of ether oxygens (including phenoxy) is 1. The molecule has 0 spiro atoms. The van der Waals surface area contributed by atoms with Crippen LogP contribution in [0, 0.1) is 0 Å². The molecule has 2 aromatic carbocycles. The summed E-state index contributed by atoms with van der Waals surface area (Å²) < 4.78 is 12.7. The largest absolute Gasteiger partial charge is 0.465 e. The molecule has 3 heterocycles. The summed E-state index contributed by atoms with van der Waals surface area (Å²) in [6, 6.07) is 18.9. The average molecular weight is 399 g/mol. The van der Waals surface area contributed by atoms with Crippen LogP contribution in [0.15, 0.2) is 69.9 Å². The maximum atomic E-state index is 13.5. The zero-order chi connectivity index (χ0) is 20.8.